The average molecular weight is 855 g/mol. The molecule has 344 valence electrons. The van der Waals surface area contributed by atoms with E-state index in [0.717, 1.165) is 12.0 Å². The van der Waals surface area contributed by atoms with Gasteiger partial charge >= 0.3 is 6.03 Å². The molecule has 0 bridgehead atoms. The minimum absolute atomic E-state index is 0.000768. The molecule has 1 aromatic rings. The van der Waals surface area contributed by atoms with Crippen molar-refractivity contribution in [1.82, 2.24) is 20.9 Å². The van der Waals surface area contributed by atoms with Gasteiger partial charge in [-0.25, -0.2) is 4.79 Å². The quantitative estimate of drug-likeness (QED) is 0.0619. The first-order valence-electron chi connectivity index (χ1n) is 21.8. The third-order valence-corrected chi connectivity index (χ3v) is 10.4. The Morgan fingerprint density at radius 2 is 1.25 bits per heavy atom. The number of urea groups is 1. The third-order valence-electron chi connectivity index (χ3n) is 10.4. The molecule has 14 nitrogen and oxygen atoms in total. The van der Waals surface area contributed by atoms with Crippen LogP contribution in [0.1, 0.15) is 142 Å². The van der Waals surface area contributed by atoms with E-state index in [0.29, 0.717) is 42.7 Å². The van der Waals surface area contributed by atoms with E-state index < -0.39 is 52.0 Å². The predicted molar refractivity (Wildman–Crippen MR) is 240 cm³/mol. The molecule has 2 atom stereocenters. The minimum Gasteiger partial charge on any atom is -0.375 e. The van der Waals surface area contributed by atoms with Gasteiger partial charge in [0.05, 0.1) is 30.8 Å². The van der Waals surface area contributed by atoms with Gasteiger partial charge in [0.2, 0.25) is 17.7 Å². The van der Waals surface area contributed by atoms with Gasteiger partial charge in [0.1, 0.15) is 12.1 Å². The van der Waals surface area contributed by atoms with Crippen molar-refractivity contribution < 1.29 is 38.2 Å². The van der Waals surface area contributed by atoms with Crippen LogP contribution in [0, 0.1) is 22.2 Å². The summed E-state index contributed by atoms with van der Waals surface area (Å²) < 4.78 is 12.3. The summed E-state index contributed by atoms with van der Waals surface area (Å²) in [6.45, 7) is 30.4. The lowest BCUT2D eigenvalue weighted by Gasteiger charge is -2.31. The Kier molecular flexibility index (Phi) is 18.8. The topological polar surface area (TPSA) is 198 Å². The van der Waals surface area contributed by atoms with Crippen LogP contribution in [0.3, 0.4) is 0 Å². The molecule has 0 saturated carbocycles. The summed E-state index contributed by atoms with van der Waals surface area (Å²) in [5.74, 6) is -2.07. The molecule has 1 heterocycles. The van der Waals surface area contributed by atoms with Crippen molar-refractivity contribution in [2.24, 2.45) is 27.9 Å². The summed E-state index contributed by atoms with van der Waals surface area (Å²) in [4.78, 5) is 79.8. The van der Waals surface area contributed by atoms with Gasteiger partial charge in [-0.3, -0.25) is 28.9 Å². The van der Waals surface area contributed by atoms with Gasteiger partial charge in [-0.05, 0) is 99.7 Å². The minimum atomic E-state index is -0.948. The number of nitrogens with one attached hydrogen (secondary N) is 4. The smallest absolute Gasteiger partial charge is 0.312 e. The Bertz CT molecular complexity index is 1690. The van der Waals surface area contributed by atoms with Crippen molar-refractivity contribution >= 4 is 41.3 Å². The van der Waals surface area contributed by atoms with Gasteiger partial charge < -0.3 is 36.5 Å². The number of hydrogen-bond acceptors (Lipinski definition) is 8. The zero-order chi connectivity index (χ0) is 46.7. The summed E-state index contributed by atoms with van der Waals surface area (Å²) in [6.07, 6.45) is 2.43. The van der Waals surface area contributed by atoms with E-state index in [2.05, 4.69) is 42.0 Å². The molecule has 2 rings (SSSR count). The number of primary amides is 1. The highest BCUT2D eigenvalue weighted by Gasteiger charge is 2.47. The summed E-state index contributed by atoms with van der Waals surface area (Å²) in [7, 11) is 0. The number of benzene rings is 1. The number of hydrogen-bond donors (Lipinski definition) is 5. The van der Waals surface area contributed by atoms with E-state index in [-0.39, 0.29) is 61.6 Å². The van der Waals surface area contributed by atoms with E-state index in [1.165, 1.54) is 4.90 Å². The van der Waals surface area contributed by atoms with Crippen molar-refractivity contribution in [3.8, 4) is 0 Å². The van der Waals surface area contributed by atoms with Crippen LogP contribution in [0.2, 0.25) is 0 Å². The molecule has 0 fully saturated rings. The van der Waals surface area contributed by atoms with Crippen molar-refractivity contribution in [1.29, 1.82) is 0 Å². The standard InChI is InChI=1S/C47H78N6O8/c1-30(2)37(39(56)51-33(17-16-25-49-42(48)59)38(55)50-32-20-18-31(19-21-32)29-43(3,4)5)52-34(54)22-27-60-47(14,15)24-28-61-46(12,13)23-26-53-40(57)35(44(6,7)8)36(41(53)58)45(9,10)11/h18-21,30,33,37H,16-17,22-29H2,1-15H3,(H,50,55)(H,51,56)(H,52,54)(H3,48,49,59)/t33-,37?/m0/s1. The van der Waals surface area contributed by atoms with Gasteiger partial charge in [0, 0.05) is 29.9 Å². The molecule has 1 aliphatic rings. The van der Waals surface area contributed by atoms with Crippen LogP contribution < -0.4 is 27.0 Å². The molecule has 1 unspecified atom stereocenters. The Morgan fingerprint density at radius 3 is 1.74 bits per heavy atom. The van der Waals surface area contributed by atoms with Crippen LogP contribution >= 0.6 is 0 Å². The lowest BCUT2D eigenvalue weighted by atomic mass is 9.76. The van der Waals surface area contributed by atoms with E-state index in [4.69, 9.17) is 15.2 Å². The monoisotopic (exact) mass is 855 g/mol. The van der Waals surface area contributed by atoms with Crippen LogP contribution in [-0.2, 0) is 39.9 Å². The lowest BCUT2D eigenvalue weighted by Crippen LogP contribution is -2.54. The maximum absolute atomic E-state index is 13.6. The molecule has 1 aromatic carbocycles. The number of imide groups is 1. The van der Waals surface area contributed by atoms with Crippen LogP contribution in [0.25, 0.3) is 0 Å². The first kappa shape index (κ1) is 52.8. The summed E-state index contributed by atoms with van der Waals surface area (Å²) in [6, 6.07) is 5.02. The Labute approximate surface area is 365 Å². The van der Waals surface area contributed by atoms with E-state index >= 15 is 0 Å². The largest absolute Gasteiger partial charge is 0.375 e. The summed E-state index contributed by atoms with van der Waals surface area (Å²) in [5.41, 5.74) is 5.97. The first-order chi connectivity index (χ1) is 27.8. The number of carbonyl (C=O) groups is 6. The average Bonchev–Trinajstić information content (AvgIpc) is 3.36. The van der Waals surface area contributed by atoms with E-state index in [9.17, 15) is 28.8 Å². The highest BCUT2D eigenvalue weighted by Crippen LogP contribution is 2.42. The second-order valence-corrected chi connectivity index (χ2v) is 21.2. The molecular weight excluding hydrogens is 777 g/mol. The van der Waals surface area contributed by atoms with E-state index in [1.54, 1.807) is 13.8 Å². The van der Waals surface area contributed by atoms with Crippen molar-refractivity contribution in [3.05, 3.63) is 41.0 Å². The fourth-order valence-electron chi connectivity index (χ4n) is 7.07. The number of carbonyl (C=O) groups excluding carboxylic acids is 6. The zero-order valence-electron chi connectivity index (χ0n) is 39.9. The molecular formula is C47H78N6O8. The molecule has 6 N–H and O–H groups in total. The highest BCUT2D eigenvalue weighted by molar-refractivity contribution is 6.20. The zero-order valence-corrected chi connectivity index (χ0v) is 39.9. The predicted octanol–water partition coefficient (Wildman–Crippen LogP) is 6.81. The Balaban J connectivity index is 1.94. The van der Waals surface area contributed by atoms with Crippen LogP contribution in [-0.4, -0.2) is 90.1 Å². The third kappa shape index (κ3) is 17.9. The Hall–Kier alpha value is -4.30. The lowest BCUT2D eigenvalue weighted by molar-refractivity contribution is -0.139. The number of amides is 7. The summed E-state index contributed by atoms with van der Waals surface area (Å²) >= 11 is 0. The number of nitrogens with zero attached hydrogens (tertiary/aromatic N) is 1. The van der Waals surface area contributed by atoms with Crippen molar-refractivity contribution in [3.63, 3.8) is 0 Å². The maximum Gasteiger partial charge on any atom is 0.312 e. The summed E-state index contributed by atoms with van der Waals surface area (Å²) in [5, 5.41) is 11.0. The molecule has 0 aliphatic carbocycles. The van der Waals surface area contributed by atoms with Gasteiger partial charge in [-0.15, -0.1) is 0 Å². The molecule has 14 heteroatoms. The SMILES string of the molecule is CC(C)C(NC(=O)CCOC(C)(C)CCOC(C)(C)CCN1C(=O)C(C(C)(C)C)=C(C(C)(C)C)C1=O)C(=O)N[C@@H](CCCNC(N)=O)C(=O)Nc1ccc(CC(C)(C)C)cc1. The molecule has 0 aromatic heterocycles. The molecule has 7 amide bonds. The van der Waals surface area contributed by atoms with Crippen molar-refractivity contribution in [2.45, 2.75) is 166 Å². The molecule has 0 saturated heterocycles. The van der Waals surface area contributed by atoms with Crippen molar-refractivity contribution in [2.75, 3.05) is 31.6 Å². The normalized spacial score (nSPS) is 15.2. The maximum atomic E-state index is 13.6. The van der Waals surface area contributed by atoms with Crippen LogP contribution in [0.5, 0.6) is 0 Å². The number of ether oxygens (including phenoxy) is 2. The number of anilines is 1. The van der Waals surface area contributed by atoms with Gasteiger partial charge in [0.25, 0.3) is 11.8 Å². The number of nitrogens with two attached hydrogens (primary N) is 1. The fourth-order valence-corrected chi connectivity index (χ4v) is 7.07. The molecule has 0 radical (unpaired) electrons. The fraction of sp³-hybridized carbons (Fsp3) is 0.702. The van der Waals surface area contributed by atoms with Gasteiger partial charge in [0.15, 0.2) is 0 Å². The van der Waals surface area contributed by atoms with Gasteiger partial charge in [-0.2, -0.15) is 0 Å². The Morgan fingerprint density at radius 1 is 0.721 bits per heavy atom. The highest BCUT2D eigenvalue weighted by atomic mass is 16.5. The van der Waals surface area contributed by atoms with Crippen LogP contribution in [0.4, 0.5) is 10.5 Å². The van der Waals surface area contributed by atoms with Crippen LogP contribution in [0.15, 0.2) is 35.4 Å². The van der Waals surface area contributed by atoms with E-state index in [1.807, 2.05) is 93.5 Å². The molecule has 61 heavy (non-hydrogen) atoms. The second kappa shape index (κ2) is 21.7. The second-order valence-electron chi connectivity index (χ2n) is 21.2. The molecule has 0 spiro atoms. The number of rotatable bonds is 22. The molecule has 1 aliphatic heterocycles. The first-order valence-corrected chi connectivity index (χ1v) is 21.8. The van der Waals surface area contributed by atoms with Gasteiger partial charge in [-0.1, -0.05) is 88.3 Å².